The zero-order valence-corrected chi connectivity index (χ0v) is 15.0. The first-order chi connectivity index (χ1) is 9.45. The zero-order valence-electron chi connectivity index (χ0n) is 14.0. The van der Waals surface area contributed by atoms with Crippen LogP contribution in [0.3, 0.4) is 0 Å². The molecule has 0 aliphatic carbocycles. The van der Waals surface area contributed by atoms with Gasteiger partial charge < -0.3 is 4.43 Å². The summed E-state index contributed by atoms with van der Waals surface area (Å²) in [5.74, 6) is -0.00404. The lowest BCUT2D eigenvalue weighted by Gasteiger charge is -2.17. The Morgan fingerprint density at radius 2 is 1.45 bits per heavy atom. The van der Waals surface area contributed by atoms with Gasteiger partial charge in [0.25, 0.3) is 5.97 Å². The van der Waals surface area contributed by atoms with Crippen LogP contribution in [-0.4, -0.2) is 14.3 Å². The second kappa shape index (κ2) is 12.2. The highest BCUT2D eigenvalue weighted by Crippen LogP contribution is 2.09. The lowest BCUT2D eigenvalue weighted by Crippen LogP contribution is -2.28. The molecule has 0 amide bonds. The molecule has 0 spiro atoms. The third-order valence-electron chi connectivity index (χ3n) is 3.06. The molecule has 0 aliphatic rings. The minimum absolute atomic E-state index is 0.00404. The van der Waals surface area contributed by atoms with E-state index in [1.165, 1.54) is 38.5 Å². The Labute approximate surface area is 127 Å². The van der Waals surface area contributed by atoms with Crippen molar-refractivity contribution in [3.63, 3.8) is 0 Å². The van der Waals surface area contributed by atoms with Gasteiger partial charge in [-0.2, -0.15) is 0 Å². The summed E-state index contributed by atoms with van der Waals surface area (Å²) in [6, 6.07) is 0. The molecule has 0 fully saturated rings. The zero-order chi connectivity index (χ0) is 15.3. The number of carbonyl (C=O) groups is 1. The average Bonchev–Trinajstić information content (AvgIpc) is 2.34. The Kier molecular flexibility index (Phi) is 11.8. The summed E-state index contributed by atoms with van der Waals surface area (Å²) in [5.41, 5.74) is 0. The van der Waals surface area contributed by atoms with E-state index in [2.05, 4.69) is 38.7 Å². The van der Waals surface area contributed by atoms with Crippen LogP contribution in [0, 0.1) is 0 Å². The minimum atomic E-state index is -1.68. The van der Waals surface area contributed by atoms with E-state index < -0.39 is 8.32 Å². The molecule has 0 atom stereocenters. The first-order valence-corrected chi connectivity index (χ1v) is 11.7. The molecule has 20 heavy (non-hydrogen) atoms. The summed E-state index contributed by atoms with van der Waals surface area (Å²) in [7, 11) is -1.68. The number of rotatable bonds is 12. The Balaban J connectivity index is 3.32. The van der Waals surface area contributed by atoms with Gasteiger partial charge in [-0.15, -0.1) is 0 Å². The molecular weight excluding hydrogens is 264 g/mol. The molecule has 0 saturated heterocycles. The van der Waals surface area contributed by atoms with E-state index in [0.717, 1.165) is 19.3 Å². The van der Waals surface area contributed by atoms with Crippen LogP contribution in [0.2, 0.25) is 19.6 Å². The van der Waals surface area contributed by atoms with Crippen LogP contribution in [0.1, 0.15) is 71.1 Å². The summed E-state index contributed by atoms with van der Waals surface area (Å²) < 4.78 is 5.42. The number of hydrogen-bond donors (Lipinski definition) is 0. The predicted octanol–water partition coefficient (Wildman–Crippen LogP) is 5.84. The van der Waals surface area contributed by atoms with Crippen molar-refractivity contribution in [3.05, 3.63) is 12.2 Å². The largest absolute Gasteiger partial charge is 0.520 e. The van der Waals surface area contributed by atoms with Crippen LogP contribution < -0.4 is 0 Å². The highest BCUT2D eigenvalue weighted by atomic mass is 28.4. The molecule has 2 nitrogen and oxygen atoms in total. The van der Waals surface area contributed by atoms with Gasteiger partial charge in [0.1, 0.15) is 0 Å². The number of hydrogen-bond acceptors (Lipinski definition) is 2. The van der Waals surface area contributed by atoms with E-state index in [1.807, 2.05) is 0 Å². The molecule has 0 saturated carbocycles. The summed E-state index contributed by atoms with van der Waals surface area (Å²) in [4.78, 5) is 11.5. The molecule has 0 radical (unpaired) electrons. The van der Waals surface area contributed by atoms with Gasteiger partial charge in [-0.1, -0.05) is 44.8 Å². The molecule has 0 bridgehead atoms. The van der Waals surface area contributed by atoms with Crippen molar-refractivity contribution in [3.8, 4) is 0 Å². The van der Waals surface area contributed by atoms with Crippen molar-refractivity contribution >= 4 is 14.3 Å². The van der Waals surface area contributed by atoms with Crippen LogP contribution in [-0.2, 0) is 9.22 Å². The number of carbonyl (C=O) groups excluding carboxylic acids is 1. The van der Waals surface area contributed by atoms with Gasteiger partial charge in [-0.25, -0.2) is 0 Å². The van der Waals surface area contributed by atoms with E-state index in [4.69, 9.17) is 4.43 Å². The maximum Gasteiger partial charge on any atom is 0.292 e. The van der Waals surface area contributed by atoms with Crippen LogP contribution >= 0.6 is 0 Å². The second-order valence-corrected chi connectivity index (χ2v) is 10.9. The Morgan fingerprint density at radius 1 is 0.900 bits per heavy atom. The Hall–Kier alpha value is -0.573. The van der Waals surface area contributed by atoms with Gasteiger partial charge in [0.05, 0.1) is 0 Å². The lowest BCUT2D eigenvalue weighted by molar-refractivity contribution is -0.135. The van der Waals surface area contributed by atoms with Gasteiger partial charge >= 0.3 is 0 Å². The third-order valence-corrected chi connectivity index (χ3v) is 3.90. The van der Waals surface area contributed by atoms with Crippen molar-refractivity contribution < 1.29 is 9.22 Å². The van der Waals surface area contributed by atoms with Gasteiger partial charge in [-0.05, 0) is 51.7 Å². The molecule has 0 aromatic heterocycles. The molecule has 0 aliphatic heterocycles. The van der Waals surface area contributed by atoms with Crippen molar-refractivity contribution in [2.75, 3.05) is 0 Å². The number of unbranched alkanes of at least 4 members (excludes halogenated alkanes) is 7. The monoisotopic (exact) mass is 298 g/mol. The van der Waals surface area contributed by atoms with Crippen LogP contribution in [0.5, 0.6) is 0 Å². The fourth-order valence-electron chi connectivity index (χ4n) is 2.03. The summed E-state index contributed by atoms with van der Waals surface area (Å²) in [6.07, 6.45) is 16.2. The van der Waals surface area contributed by atoms with E-state index in [1.54, 1.807) is 0 Å². The molecule has 0 N–H and O–H groups in total. The topological polar surface area (TPSA) is 26.3 Å². The van der Waals surface area contributed by atoms with Gasteiger partial charge in [0, 0.05) is 6.42 Å². The maximum absolute atomic E-state index is 11.5. The molecule has 0 aromatic rings. The smallest absolute Gasteiger partial charge is 0.292 e. The maximum atomic E-state index is 11.5. The van der Waals surface area contributed by atoms with Crippen molar-refractivity contribution in [2.24, 2.45) is 0 Å². The average molecular weight is 299 g/mol. The normalized spacial score (nSPS) is 12.0. The van der Waals surface area contributed by atoms with Crippen molar-refractivity contribution in [2.45, 2.75) is 90.8 Å². The van der Waals surface area contributed by atoms with Crippen LogP contribution in [0.15, 0.2) is 12.2 Å². The lowest BCUT2D eigenvalue weighted by atomic mass is 10.1. The quantitative estimate of drug-likeness (QED) is 0.257. The highest BCUT2D eigenvalue weighted by molar-refractivity contribution is 6.71. The Morgan fingerprint density at radius 3 is 1.95 bits per heavy atom. The number of allylic oxidation sites excluding steroid dienone is 2. The second-order valence-electron chi connectivity index (χ2n) is 6.51. The third kappa shape index (κ3) is 15.5. The van der Waals surface area contributed by atoms with Gasteiger partial charge in [-0.3, -0.25) is 4.79 Å². The fourth-order valence-corrected chi connectivity index (χ4v) is 2.81. The predicted molar refractivity (Wildman–Crippen MR) is 90.4 cm³/mol. The molecular formula is C17H34O2Si. The van der Waals surface area contributed by atoms with E-state index in [-0.39, 0.29) is 5.97 Å². The van der Waals surface area contributed by atoms with E-state index >= 15 is 0 Å². The van der Waals surface area contributed by atoms with Crippen molar-refractivity contribution in [1.29, 1.82) is 0 Å². The SMILES string of the molecule is CCCCCC/C=C/CCCCCC(=O)O[Si](C)(C)C. The molecule has 0 heterocycles. The first-order valence-electron chi connectivity index (χ1n) is 8.32. The molecule has 118 valence electrons. The highest BCUT2D eigenvalue weighted by Gasteiger charge is 2.19. The van der Waals surface area contributed by atoms with Gasteiger partial charge in [0.15, 0.2) is 0 Å². The summed E-state index contributed by atoms with van der Waals surface area (Å²) in [5, 5.41) is 0. The van der Waals surface area contributed by atoms with E-state index in [9.17, 15) is 4.79 Å². The van der Waals surface area contributed by atoms with Gasteiger partial charge in [0.2, 0.25) is 8.32 Å². The summed E-state index contributed by atoms with van der Waals surface area (Å²) >= 11 is 0. The molecule has 3 heteroatoms. The standard InChI is InChI=1S/C17H34O2Si/c1-5-6-7-8-9-10-11-12-13-14-15-16-17(18)19-20(2,3)4/h10-11H,5-9,12-16H2,1-4H3/b11-10+. The fraction of sp³-hybridized carbons (Fsp3) is 0.824. The molecule has 0 rings (SSSR count). The van der Waals surface area contributed by atoms with Crippen LogP contribution in [0.4, 0.5) is 0 Å². The molecule has 0 unspecified atom stereocenters. The summed E-state index contributed by atoms with van der Waals surface area (Å²) in [6.45, 7) is 8.40. The molecule has 0 aromatic carbocycles. The first kappa shape index (κ1) is 19.4. The van der Waals surface area contributed by atoms with Crippen molar-refractivity contribution in [1.82, 2.24) is 0 Å². The van der Waals surface area contributed by atoms with Crippen LogP contribution in [0.25, 0.3) is 0 Å². The minimum Gasteiger partial charge on any atom is -0.520 e. The van der Waals surface area contributed by atoms with E-state index in [0.29, 0.717) is 6.42 Å². The Bertz CT molecular complexity index is 267.